The fourth-order valence-electron chi connectivity index (χ4n) is 1.73. The topological polar surface area (TPSA) is 119 Å². The van der Waals surface area contributed by atoms with E-state index in [0.717, 1.165) is 0 Å². The summed E-state index contributed by atoms with van der Waals surface area (Å²) in [6, 6.07) is -0.404. The van der Waals surface area contributed by atoms with Crippen LogP contribution in [-0.4, -0.2) is 78.0 Å². The Hall–Kier alpha value is -2.32. The maximum atomic E-state index is 11.7. The van der Waals surface area contributed by atoms with E-state index in [2.05, 4.69) is 10.6 Å². The van der Waals surface area contributed by atoms with E-state index in [4.69, 9.17) is 5.11 Å². The Morgan fingerprint density at radius 1 is 0.950 bits per heavy atom. The zero-order valence-electron chi connectivity index (χ0n) is 11.2. The number of carbonyl (C=O) groups is 4. The van der Waals surface area contributed by atoms with Crippen LogP contribution < -0.4 is 10.6 Å². The normalized spacial score (nSPS) is 14.7. The van der Waals surface area contributed by atoms with Crippen LogP contribution in [0.4, 0.5) is 4.79 Å². The molecule has 9 nitrogen and oxygen atoms in total. The molecule has 1 aliphatic heterocycles. The predicted molar refractivity (Wildman–Crippen MR) is 67.9 cm³/mol. The van der Waals surface area contributed by atoms with E-state index in [1.807, 2.05) is 0 Å². The number of amides is 4. The molecule has 1 fully saturated rings. The van der Waals surface area contributed by atoms with E-state index in [-0.39, 0.29) is 12.5 Å². The Kier molecular flexibility index (Phi) is 5.75. The number of hydrogen-bond acceptors (Lipinski definition) is 4. The molecular formula is C11H18N4O5. The average Bonchev–Trinajstić information content (AvgIpc) is 2.42. The molecule has 0 atom stereocenters. The van der Waals surface area contributed by atoms with Crippen LogP contribution >= 0.6 is 0 Å². The molecule has 112 valence electrons. The minimum atomic E-state index is -1.15. The summed E-state index contributed by atoms with van der Waals surface area (Å²) in [5.74, 6) is -1.74. The molecule has 1 rings (SSSR count). The van der Waals surface area contributed by atoms with Gasteiger partial charge in [0.2, 0.25) is 11.8 Å². The lowest BCUT2D eigenvalue weighted by atomic mass is 10.3. The van der Waals surface area contributed by atoms with Gasteiger partial charge in [0.1, 0.15) is 6.54 Å². The minimum absolute atomic E-state index is 0.0295. The number of piperazine rings is 1. The van der Waals surface area contributed by atoms with Crippen molar-refractivity contribution in [2.45, 2.75) is 6.92 Å². The summed E-state index contributed by atoms with van der Waals surface area (Å²) in [7, 11) is 0. The quantitative estimate of drug-likeness (QED) is 0.555. The molecule has 1 saturated heterocycles. The molecule has 9 heteroatoms. The summed E-state index contributed by atoms with van der Waals surface area (Å²) in [5, 5.41) is 12.9. The number of urea groups is 1. The van der Waals surface area contributed by atoms with Crippen LogP contribution in [0.5, 0.6) is 0 Å². The molecule has 0 aliphatic carbocycles. The number of aliphatic carboxylic acids is 1. The highest BCUT2D eigenvalue weighted by Crippen LogP contribution is 2.01. The van der Waals surface area contributed by atoms with E-state index in [0.29, 0.717) is 26.2 Å². The summed E-state index contributed by atoms with van der Waals surface area (Å²) in [4.78, 5) is 47.4. The van der Waals surface area contributed by atoms with Crippen molar-refractivity contribution in [2.24, 2.45) is 0 Å². The largest absolute Gasteiger partial charge is 0.480 e. The van der Waals surface area contributed by atoms with Crippen molar-refractivity contribution in [1.29, 1.82) is 0 Å². The number of carboxylic acid groups (broad SMARTS) is 1. The van der Waals surface area contributed by atoms with Crippen molar-refractivity contribution in [3.63, 3.8) is 0 Å². The molecule has 4 amide bonds. The van der Waals surface area contributed by atoms with E-state index in [1.54, 1.807) is 4.90 Å². The van der Waals surface area contributed by atoms with Gasteiger partial charge in [-0.2, -0.15) is 0 Å². The van der Waals surface area contributed by atoms with Crippen molar-refractivity contribution >= 4 is 23.8 Å². The molecule has 1 heterocycles. The van der Waals surface area contributed by atoms with Crippen LogP contribution in [0.3, 0.4) is 0 Å². The molecule has 0 bridgehead atoms. The standard InChI is InChI=1S/C11H18N4O5/c1-8(16)14-2-4-15(5-3-14)11(20)13-6-9(17)12-7-10(18)19/h2-7H2,1H3,(H,12,17)(H,13,20)(H,18,19). The molecule has 0 aromatic rings. The van der Waals surface area contributed by atoms with Crippen molar-refractivity contribution in [3.8, 4) is 0 Å². The number of carboxylic acids is 1. The second kappa shape index (κ2) is 7.31. The Morgan fingerprint density at radius 3 is 2.00 bits per heavy atom. The highest BCUT2D eigenvalue weighted by Gasteiger charge is 2.22. The first-order chi connectivity index (χ1) is 9.40. The van der Waals surface area contributed by atoms with Crippen molar-refractivity contribution in [2.75, 3.05) is 39.3 Å². The monoisotopic (exact) mass is 286 g/mol. The first kappa shape index (κ1) is 15.7. The maximum absolute atomic E-state index is 11.7. The van der Waals surface area contributed by atoms with E-state index in [1.165, 1.54) is 11.8 Å². The molecule has 0 spiro atoms. The molecule has 3 N–H and O–H groups in total. The third-order valence-electron chi connectivity index (χ3n) is 2.85. The molecule has 0 aromatic carbocycles. The van der Waals surface area contributed by atoms with Gasteiger partial charge >= 0.3 is 12.0 Å². The lowest BCUT2D eigenvalue weighted by molar-refractivity contribution is -0.137. The smallest absolute Gasteiger partial charge is 0.322 e. The summed E-state index contributed by atoms with van der Waals surface area (Å²) >= 11 is 0. The lowest BCUT2D eigenvalue weighted by Gasteiger charge is -2.34. The van der Waals surface area contributed by atoms with Crippen LogP contribution in [0.1, 0.15) is 6.92 Å². The maximum Gasteiger partial charge on any atom is 0.322 e. The average molecular weight is 286 g/mol. The van der Waals surface area contributed by atoms with Crippen LogP contribution in [0.2, 0.25) is 0 Å². The van der Waals surface area contributed by atoms with Crippen LogP contribution in [0, 0.1) is 0 Å². The molecule has 0 saturated carbocycles. The summed E-state index contributed by atoms with van der Waals surface area (Å²) in [6.45, 7) is 2.46. The van der Waals surface area contributed by atoms with Gasteiger partial charge in [0.25, 0.3) is 0 Å². The number of carbonyl (C=O) groups excluding carboxylic acids is 3. The van der Waals surface area contributed by atoms with Gasteiger partial charge in [-0.25, -0.2) is 4.79 Å². The van der Waals surface area contributed by atoms with Gasteiger partial charge in [-0.1, -0.05) is 0 Å². The highest BCUT2D eigenvalue weighted by molar-refractivity contribution is 5.86. The van der Waals surface area contributed by atoms with Crippen LogP contribution in [0.15, 0.2) is 0 Å². The molecule has 1 aliphatic rings. The predicted octanol–water partition coefficient (Wildman–Crippen LogP) is -1.94. The molecule has 0 unspecified atom stereocenters. The Morgan fingerprint density at radius 2 is 1.50 bits per heavy atom. The van der Waals surface area contributed by atoms with Gasteiger partial charge in [0.15, 0.2) is 0 Å². The Bertz CT molecular complexity index is 404. The number of nitrogens with one attached hydrogen (secondary N) is 2. The molecule has 0 aromatic heterocycles. The molecule has 20 heavy (non-hydrogen) atoms. The van der Waals surface area contributed by atoms with E-state index >= 15 is 0 Å². The first-order valence-electron chi connectivity index (χ1n) is 6.17. The van der Waals surface area contributed by atoms with E-state index < -0.39 is 24.5 Å². The van der Waals surface area contributed by atoms with Gasteiger partial charge in [-0.05, 0) is 0 Å². The summed E-state index contributed by atoms with van der Waals surface area (Å²) < 4.78 is 0. The lowest BCUT2D eigenvalue weighted by Crippen LogP contribution is -2.53. The SMILES string of the molecule is CC(=O)N1CCN(C(=O)NCC(=O)NCC(=O)O)CC1. The number of hydrogen-bond donors (Lipinski definition) is 3. The molecule has 0 radical (unpaired) electrons. The van der Waals surface area contributed by atoms with Crippen molar-refractivity contribution in [1.82, 2.24) is 20.4 Å². The first-order valence-corrected chi connectivity index (χ1v) is 6.17. The second-order valence-electron chi connectivity index (χ2n) is 4.32. The summed E-state index contributed by atoms with van der Waals surface area (Å²) in [6.07, 6.45) is 0. The Balaban J connectivity index is 2.25. The zero-order chi connectivity index (χ0) is 15.1. The van der Waals surface area contributed by atoms with Crippen LogP contribution in [-0.2, 0) is 14.4 Å². The third-order valence-corrected chi connectivity index (χ3v) is 2.85. The van der Waals surface area contributed by atoms with Gasteiger partial charge < -0.3 is 25.5 Å². The van der Waals surface area contributed by atoms with Gasteiger partial charge in [0, 0.05) is 33.1 Å². The fraction of sp³-hybridized carbons (Fsp3) is 0.636. The number of rotatable bonds is 4. The fourth-order valence-corrected chi connectivity index (χ4v) is 1.73. The minimum Gasteiger partial charge on any atom is -0.480 e. The van der Waals surface area contributed by atoms with Crippen LogP contribution in [0.25, 0.3) is 0 Å². The summed E-state index contributed by atoms with van der Waals surface area (Å²) in [5.41, 5.74) is 0. The third kappa shape index (κ3) is 5.12. The second-order valence-corrected chi connectivity index (χ2v) is 4.32. The van der Waals surface area contributed by atoms with E-state index in [9.17, 15) is 19.2 Å². The Labute approximate surface area is 115 Å². The van der Waals surface area contributed by atoms with Gasteiger partial charge in [-0.15, -0.1) is 0 Å². The number of nitrogens with zero attached hydrogens (tertiary/aromatic N) is 2. The zero-order valence-corrected chi connectivity index (χ0v) is 11.2. The van der Waals surface area contributed by atoms with Gasteiger partial charge in [-0.3, -0.25) is 14.4 Å². The van der Waals surface area contributed by atoms with Crippen molar-refractivity contribution < 1.29 is 24.3 Å². The molecular weight excluding hydrogens is 268 g/mol. The van der Waals surface area contributed by atoms with Crippen molar-refractivity contribution in [3.05, 3.63) is 0 Å². The van der Waals surface area contributed by atoms with Gasteiger partial charge in [0.05, 0.1) is 6.54 Å². The highest BCUT2D eigenvalue weighted by atomic mass is 16.4.